The summed E-state index contributed by atoms with van der Waals surface area (Å²) in [5.74, 6) is -0.359. The second-order valence-electron chi connectivity index (χ2n) is 7.04. The zero-order valence-electron chi connectivity index (χ0n) is 15.4. The Morgan fingerprint density at radius 3 is 2.69 bits per heavy atom. The Kier molecular flexibility index (Phi) is 5.31. The molecule has 0 unspecified atom stereocenters. The highest BCUT2D eigenvalue weighted by Gasteiger charge is 2.33. The molecule has 29 heavy (non-hydrogen) atoms. The maximum atomic E-state index is 14.1. The zero-order chi connectivity index (χ0) is 20.6. The molecule has 0 saturated heterocycles. The Labute approximate surface area is 173 Å². The molecule has 1 heterocycles. The van der Waals surface area contributed by atoms with Gasteiger partial charge < -0.3 is 4.90 Å². The van der Waals surface area contributed by atoms with E-state index >= 15 is 0 Å². The number of hydrogen-bond donors (Lipinski definition) is 1. The Hall–Kier alpha value is -2.45. The van der Waals surface area contributed by atoms with Gasteiger partial charge in [0.2, 0.25) is 5.91 Å². The molecule has 2 aromatic carbocycles. The van der Waals surface area contributed by atoms with Crippen molar-refractivity contribution < 1.29 is 17.6 Å². The normalized spacial score (nSPS) is 18.3. The van der Waals surface area contributed by atoms with Gasteiger partial charge in [0.15, 0.2) is 0 Å². The van der Waals surface area contributed by atoms with Crippen molar-refractivity contribution in [2.45, 2.75) is 36.7 Å². The molecular weight excluding hydrogens is 417 g/mol. The lowest BCUT2D eigenvalue weighted by Gasteiger charge is -2.23. The predicted octanol–water partition coefficient (Wildman–Crippen LogP) is 3.10. The van der Waals surface area contributed by atoms with E-state index in [1.54, 1.807) is 29.2 Å². The van der Waals surface area contributed by atoms with Crippen molar-refractivity contribution in [3.8, 4) is 0 Å². The van der Waals surface area contributed by atoms with Crippen molar-refractivity contribution in [1.82, 2.24) is 9.62 Å². The summed E-state index contributed by atoms with van der Waals surface area (Å²) < 4.78 is 40.8. The first-order valence-electron chi connectivity index (χ1n) is 9.26. The van der Waals surface area contributed by atoms with E-state index in [1.807, 2.05) is 0 Å². The molecule has 0 bridgehead atoms. The van der Waals surface area contributed by atoms with Crippen LogP contribution in [0.4, 0.5) is 4.39 Å². The van der Waals surface area contributed by atoms with Gasteiger partial charge in [-0.3, -0.25) is 14.5 Å². The Morgan fingerprint density at radius 2 is 1.97 bits per heavy atom. The second kappa shape index (κ2) is 7.76. The molecule has 0 radical (unpaired) electrons. The zero-order valence-corrected chi connectivity index (χ0v) is 17.0. The molecule has 2 aromatic rings. The fraction of sp³-hybridized carbons (Fsp3) is 0.300. The molecule has 1 aliphatic heterocycles. The summed E-state index contributed by atoms with van der Waals surface area (Å²) in [5.41, 5.74) is 0.801. The first kappa shape index (κ1) is 19.8. The largest absolute Gasteiger partial charge is 0.335 e. The molecule has 1 aliphatic carbocycles. The minimum atomic E-state index is -3.61. The van der Waals surface area contributed by atoms with E-state index in [9.17, 15) is 17.6 Å². The molecule has 1 saturated carbocycles. The monoisotopic (exact) mass is 435 g/mol. The molecule has 1 fully saturated rings. The van der Waals surface area contributed by atoms with Gasteiger partial charge in [0, 0.05) is 28.6 Å². The van der Waals surface area contributed by atoms with Crippen LogP contribution in [0.1, 0.15) is 30.4 Å². The maximum absolute atomic E-state index is 14.1. The summed E-state index contributed by atoms with van der Waals surface area (Å²) in [5, 5.41) is 0.292. The van der Waals surface area contributed by atoms with Gasteiger partial charge in [0.1, 0.15) is 11.7 Å². The van der Waals surface area contributed by atoms with Crippen LogP contribution in [0, 0.1) is 5.82 Å². The lowest BCUT2D eigenvalue weighted by molar-refractivity contribution is -0.132. The van der Waals surface area contributed by atoms with Gasteiger partial charge in [-0.25, -0.2) is 12.8 Å². The number of nitrogens with one attached hydrogen (secondary N) is 1. The lowest BCUT2D eigenvalue weighted by Crippen LogP contribution is -2.33. The molecule has 1 amide bonds. The third kappa shape index (κ3) is 4.13. The number of amidine groups is 1. The molecule has 4 rings (SSSR count). The quantitative estimate of drug-likeness (QED) is 0.757. The van der Waals surface area contributed by atoms with Crippen LogP contribution in [0.25, 0.3) is 0 Å². The predicted molar refractivity (Wildman–Crippen MR) is 108 cm³/mol. The van der Waals surface area contributed by atoms with E-state index in [0.717, 1.165) is 12.8 Å². The van der Waals surface area contributed by atoms with Crippen molar-refractivity contribution in [3.05, 3.63) is 64.4 Å². The van der Waals surface area contributed by atoms with Crippen LogP contribution in [0.15, 0.2) is 52.4 Å². The van der Waals surface area contributed by atoms with E-state index in [1.165, 1.54) is 18.2 Å². The highest BCUT2D eigenvalue weighted by molar-refractivity contribution is 7.90. The number of fused-ring (bicyclic) bond motifs is 1. The van der Waals surface area contributed by atoms with Crippen molar-refractivity contribution in [2.75, 3.05) is 6.54 Å². The summed E-state index contributed by atoms with van der Waals surface area (Å²) >= 11 is 6.10. The molecule has 9 heteroatoms. The Balaban J connectivity index is 1.46. The van der Waals surface area contributed by atoms with Crippen LogP contribution < -0.4 is 4.72 Å². The molecular formula is C20H19ClFN3O3S. The van der Waals surface area contributed by atoms with Crippen molar-refractivity contribution >= 4 is 33.4 Å². The molecule has 6 nitrogen and oxygen atoms in total. The molecule has 1 N–H and O–H groups in total. The van der Waals surface area contributed by atoms with E-state index in [4.69, 9.17) is 11.6 Å². The average Bonchev–Trinajstić information content (AvgIpc) is 3.48. The number of rotatable bonds is 6. The number of hydrogen-bond acceptors (Lipinski definition) is 4. The van der Waals surface area contributed by atoms with Crippen LogP contribution in [0.5, 0.6) is 0 Å². The lowest BCUT2D eigenvalue weighted by atomic mass is 10.2. The number of aliphatic imine (C=N–C) groups is 1. The van der Waals surface area contributed by atoms with Crippen LogP contribution >= 0.6 is 11.6 Å². The number of sulfonamides is 1. The summed E-state index contributed by atoms with van der Waals surface area (Å²) in [7, 11) is -3.61. The number of carbonyl (C=O) groups excluding carboxylic acids is 1. The summed E-state index contributed by atoms with van der Waals surface area (Å²) in [6, 6.07) is 11.1. The molecule has 0 atom stereocenters. The van der Waals surface area contributed by atoms with Crippen LogP contribution in [0.3, 0.4) is 0 Å². The van der Waals surface area contributed by atoms with Crippen molar-refractivity contribution in [2.24, 2.45) is 4.99 Å². The van der Waals surface area contributed by atoms with E-state index in [0.29, 0.717) is 16.1 Å². The Morgan fingerprint density at radius 1 is 1.21 bits per heavy atom. The highest BCUT2D eigenvalue weighted by Crippen LogP contribution is 2.31. The fourth-order valence-electron chi connectivity index (χ4n) is 3.32. The highest BCUT2D eigenvalue weighted by atomic mass is 35.5. The topological polar surface area (TPSA) is 78.8 Å². The van der Waals surface area contributed by atoms with Crippen LogP contribution in [0.2, 0.25) is 5.02 Å². The van der Waals surface area contributed by atoms with Crippen molar-refractivity contribution in [3.63, 3.8) is 0 Å². The number of amides is 1. The van der Waals surface area contributed by atoms with Gasteiger partial charge in [-0.1, -0.05) is 29.8 Å². The number of halogens is 2. The van der Waals surface area contributed by atoms with Gasteiger partial charge in [-0.05, 0) is 37.1 Å². The number of nitrogens with zero attached hydrogens (tertiary/aromatic N) is 2. The number of carbonyl (C=O) groups is 1. The minimum absolute atomic E-state index is 0.0801. The van der Waals surface area contributed by atoms with Gasteiger partial charge in [-0.15, -0.1) is 0 Å². The van der Waals surface area contributed by atoms with Crippen LogP contribution in [-0.4, -0.2) is 37.6 Å². The average molecular weight is 436 g/mol. The SMILES string of the molecule is O=C(CCN=C1NS(=O)(=O)c2ccccc21)N(Cc1c(F)cccc1Cl)C1CC1. The fourth-order valence-corrected chi connectivity index (χ4v) is 4.79. The third-order valence-corrected chi connectivity index (χ3v) is 6.71. The maximum Gasteiger partial charge on any atom is 0.263 e. The summed E-state index contributed by atoms with van der Waals surface area (Å²) in [6.07, 6.45) is 1.84. The smallest absolute Gasteiger partial charge is 0.263 e. The molecule has 0 spiro atoms. The van der Waals surface area contributed by atoms with Crippen molar-refractivity contribution in [1.29, 1.82) is 0 Å². The first-order valence-corrected chi connectivity index (χ1v) is 11.1. The summed E-state index contributed by atoms with van der Waals surface area (Å²) in [4.78, 5) is 18.8. The molecule has 2 aliphatic rings. The minimum Gasteiger partial charge on any atom is -0.335 e. The van der Waals surface area contributed by atoms with Crippen LogP contribution in [-0.2, 0) is 21.4 Å². The van der Waals surface area contributed by atoms with E-state index in [2.05, 4.69) is 9.71 Å². The Bertz CT molecular complexity index is 1080. The third-order valence-electron chi connectivity index (χ3n) is 4.96. The van der Waals surface area contributed by atoms with Gasteiger partial charge >= 0.3 is 0 Å². The second-order valence-corrected chi connectivity index (χ2v) is 9.09. The first-order chi connectivity index (χ1) is 13.9. The van der Waals surface area contributed by atoms with E-state index < -0.39 is 15.8 Å². The van der Waals surface area contributed by atoms with E-state index in [-0.39, 0.29) is 42.2 Å². The molecule has 152 valence electrons. The number of benzene rings is 2. The van der Waals surface area contributed by atoms with Gasteiger partial charge in [0.05, 0.1) is 18.0 Å². The summed E-state index contributed by atoms with van der Waals surface area (Å²) in [6.45, 7) is 0.236. The van der Waals surface area contributed by atoms with Gasteiger partial charge in [-0.2, -0.15) is 0 Å². The molecule has 0 aromatic heterocycles. The standard InChI is InChI=1S/C20H19ClFN3O3S/c21-16-5-3-6-17(22)15(16)12-25(13-8-9-13)19(26)10-11-23-20-14-4-1-2-7-18(14)29(27,28)24-20/h1-7,13H,8-12H2,(H,23,24). The van der Waals surface area contributed by atoms with Gasteiger partial charge in [0.25, 0.3) is 10.0 Å².